The Balaban J connectivity index is 1.91. The molecule has 2 fully saturated rings. The fourth-order valence-corrected chi connectivity index (χ4v) is 7.53. The van der Waals surface area contributed by atoms with Gasteiger partial charge in [0, 0.05) is 6.42 Å². The molecule has 2 aliphatic rings. The van der Waals surface area contributed by atoms with Crippen LogP contribution >= 0.6 is 0 Å². The van der Waals surface area contributed by atoms with E-state index in [0.29, 0.717) is 6.42 Å². The molecule has 364 valence electrons. The zero-order chi connectivity index (χ0) is 46.1. The number of hydrogen-bond acceptors (Lipinski definition) is 13. The number of aliphatic hydroxyl groups is 8. The highest BCUT2D eigenvalue weighted by molar-refractivity contribution is 5.76. The molecule has 63 heavy (non-hydrogen) atoms. The van der Waals surface area contributed by atoms with Gasteiger partial charge in [-0.05, 0) is 44.9 Å². The highest BCUT2D eigenvalue weighted by Gasteiger charge is 2.51. The highest BCUT2D eigenvalue weighted by Crippen LogP contribution is 2.30. The fraction of sp³-hybridized carbons (Fsp3) is 0.776. The van der Waals surface area contributed by atoms with Gasteiger partial charge in [0.2, 0.25) is 5.91 Å². The molecule has 0 saturated carbocycles. The topological polar surface area (TPSA) is 228 Å². The van der Waals surface area contributed by atoms with Crippen molar-refractivity contribution in [3.63, 3.8) is 0 Å². The van der Waals surface area contributed by atoms with E-state index >= 15 is 0 Å². The smallest absolute Gasteiger partial charge is 0.220 e. The third-order valence-corrected chi connectivity index (χ3v) is 11.5. The Labute approximate surface area is 377 Å². The molecule has 2 heterocycles. The molecule has 0 spiro atoms. The van der Waals surface area contributed by atoms with Crippen LogP contribution in [0.2, 0.25) is 0 Å². The van der Waals surface area contributed by atoms with Gasteiger partial charge in [0.15, 0.2) is 12.6 Å². The summed E-state index contributed by atoms with van der Waals surface area (Å²) in [5.41, 5.74) is 0. The molecule has 14 heteroatoms. The van der Waals surface area contributed by atoms with Crippen molar-refractivity contribution < 1.29 is 64.6 Å². The summed E-state index contributed by atoms with van der Waals surface area (Å²) in [6.45, 7) is 2.59. The van der Waals surface area contributed by atoms with Crippen LogP contribution in [0.5, 0.6) is 0 Å². The molecule has 9 N–H and O–H groups in total. The number of nitrogens with one attached hydrogen (secondary N) is 1. The van der Waals surface area contributed by atoms with Gasteiger partial charge in [-0.2, -0.15) is 0 Å². The van der Waals surface area contributed by atoms with Gasteiger partial charge in [-0.1, -0.05) is 158 Å². The van der Waals surface area contributed by atoms with Crippen LogP contribution in [-0.4, -0.2) is 140 Å². The number of unbranched alkanes of at least 4 members (excludes halogenated alkanes) is 14. The molecule has 0 bridgehead atoms. The lowest BCUT2D eigenvalue weighted by Gasteiger charge is -2.46. The second-order valence-corrected chi connectivity index (χ2v) is 16.9. The molecule has 14 nitrogen and oxygen atoms in total. The van der Waals surface area contributed by atoms with E-state index in [0.717, 1.165) is 51.4 Å². The van der Waals surface area contributed by atoms with E-state index in [9.17, 15) is 45.6 Å². The summed E-state index contributed by atoms with van der Waals surface area (Å²) in [7, 11) is 0. The number of hydrogen-bond donors (Lipinski definition) is 9. The number of ether oxygens (including phenoxy) is 4. The van der Waals surface area contributed by atoms with Gasteiger partial charge in [-0.3, -0.25) is 4.79 Å². The van der Waals surface area contributed by atoms with Crippen LogP contribution < -0.4 is 5.32 Å². The molecule has 1 amide bonds. The van der Waals surface area contributed by atoms with Gasteiger partial charge in [-0.25, -0.2) is 0 Å². The molecular weight excluding hydrogens is 811 g/mol. The zero-order valence-electron chi connectivity index (χ0n) is 38.3. The van der Waals surface area contributed by atoms with Crippen molar-refractivity contribution >= 4 is 5.91 Å². The van der Waals surface area contributed by atoms with Crippen LogP contribution in [0, 0.1) is 0 Å². The number of allylic oxidation sites excluding steroid dienone is 9. The zero-order valence-corrected chi connectivity index (χ0v) is 38.3. The van der Waals surface area contributed by atoms with Gasteiger partial charge in [0.05, 0.1) is 32.0 Å². The maximum absolute atomic E-state index is 13.1. The van der Waals surface area contributed by atoms with Crippen molar-refractivity contribution in [3.05, 3.63) is 60.8 Å². The molecule has 0 aromatic heterocycles. The molecule has 2 aliphatic heterocycles. The standard InChI is InChI=1S/C49H85NO13/c1-3-5-7-9-11-13-15-17-18-19-21-22-24-26-28-30-32-38(53)37(50-41(54)33-31-29-27-25-23-20-16-14-12-10-8-6-4-2)36-60-48-46(59)44(57)47(40(35-52)62-48)63-49-45(58)43(56)42(55)39(34-51)61-49/h6,8,12,14,20,23,27,29-30,32,37-40,42-49,51-53,55-59H,3-5,7,9-11,13,15-19,21-22,24-26,28,31,33-36H2,1-2H3,(H,50,54)/b8-6-,14-12-,23-20-,29-27-,32-30+. The Bertz CT molecular complexity index is 1290. The van der Waals surface area contributed by atoms with Crippen molar-refractivity contribution in [2.45, 2.75) is 222 Å². The average molecular weight is 896 g/mol. The van der Waals surface area contributed by atoms with E-state index in [1.165, 1.54) is 70.6 Å². The highest BCUT2D eigenvalue weighted by atomic mass is 16.7. The quantitative estimate of drug-likeness (QED) is 0.0284. The van der Waals surface area contributed by atoms with Crippen molar-refractivity contribution in [1.29, 1.82) is 0 Å². The summed E-state index contributed by atoms with van der Waals surface area (Å²) in [5.74, 6) is -0.322. The first-order chi connectivity index (χ1) is 30.6. The SMILES string of the molecule is CC/C=C\C/C=C\C/C=C\C/C=C\CCC(=O)NC(COC1OC(CO)C(OC2OC(CO)C(O)C(O)C2O)C(O)C1O)C(O)/C=C/CCCCCCCCCCCCCCCC. The van der Waals surface area contributed by atoms with E-state index in [1.54, 1.807) is 6.08 Å². The van der Waals surface area contributed by atoms with E-state index < -0.39 is 86.8 Å². The van der Waals surface area contributed by atoms with Crippen LogP contribution in [0.25, 0.3) is 0 Å². The number of rotatable bonds is 35. The Morgan fingerprint density at radius 2 is 1.10 bits per heavy atom. The normalized spacial score (nSPS) is 28.0. The maximum atomic E-state index is 13.1. The van der Waals surface area contributed by atoms with Crippen LogP contribution in [0.4, 0.5) is 0 Å². The van der Waals surface area contributed by atoms with Crippen molar-refractivity contribution in [2.75, 3.05) is 19.8 Å². The summed E-state index contributed by atoms with van der Waals surface area (Å²) in [6.07, 6.45) is 25.7. The van der Waals surface area contributed by atoms with E-state index in [-0.39, 0.29) is 18.9 Å². The number of aliphatic hydroxyl groups excluding tert-OH is 8. The minimum atomic E-state index is -1.79. The van der Waals surface area contributed by atoms with Crippen molar-refractivity contribution in [1.82, 2.24) is 5.32 Å². The Kier molecular flexibility index (Phi) is 32.4. The predicted molar refractivity (Wildman–Crippen MR) is 244 cm³/mol. The van der Waals surface area contributed by atoms with E-state index in [1.807, 2.05) is 18.2 Å². The van der Waals surface area contributed by atoms with E-state index in [4.69, 9.17) is 18.9 Å². The Hall–Kier alpha value is -2.31. The summed E-state index contributed by atoms with van der Waals surface area (Å²) < 4.78 is 22.6. The summed E-state index contributed by atoms with van der Waals surface area (Å²) in [5, 5.41) is 86.5. The van der Waals surface area contributed by atoms with Gasteiger partial charge in [0.1, 0.15) is 48.8 Å². The van der Waals surface area contributed by atoms with Gasteiger partial charge < -0.3 is 65.1 Å². The number of carbonyl (C=O) groups is 1. The number of amides is 1. The van der Waals surface area contributed by atoms with Crippen LogP contribution in [0.1, 0.15) is 149 Å². The second kappa shape index (κ2) is 35.9. The van der Waals surface area contributed by atoms with Crippen molar-refractivity contribution in [2.24, 2.45) is 0 Å². The third kappa shape index (κ3) is 23.6. The Morgan fingerprint density at radius 1 is 0.587 bits per heavy atom. The van der Waals surface area contributed by atoms with Gasteiger partial charge in [0.25, 0.3) is 0 Å². The Morgan fingerprint density at radius 3 is 1.65 bits per heavy atom. The lowest BCUT2D eigenvalue weighted by Crippen LogP contribution is -2.65. The van der Waals surface area contributed by atoms with Crippen LogP contribution in [0.3, 0.4) is 0 Å². The lowest BCUT2D eigenvalue weighted by atomic mass is 9.97. The minimum Gasteiger partial charge on any atom is -0.394 e. The number of carbonyl (C=O) groups excluding carboxylic acids is 1. The van der Waals surface area contributed by atoms with Crippen LogP contribution in [0.15, 0.2) is 60.8 Å². The van der Waals surface area contributed by atoms with Crippen LogP contribution in [-0.2, 0) is 23.7 Å². The molecule has 0 aliphatic carbocycles. The van der Waals surface area contributed by atoms with Gasteiger partial charge in [-0.15, -0.1) is 0 Å². The first-order valence-electron chi connectivity index (χ1n) is 24.0. The molecule has 2 rings (SSSR count). The monoisotopic (exact) mass is 896 g/mol. The third-order valence-electron chi connectivity index (χ3n) is 11.5. The second-order valence-electron chi connectivity index (χ2n) is 16.9. The predicted octanol–water partition coefficient (Wildman–Crippen LogP) is 5.49. The summed E-state index contributed by atoms with van der Waals surface area (Å²) >= 11 is 0. The first kappa shape index (κ1) is 56.8. The molecule has 12 atom stereocenters. The minimum absolute atomic E-state index is 0.158. The first-order valence-corrected chi connectivity index (χ1v) is 24.0. The molecular formula is C49H85NO13. The average Bonchev–Trinajstić information content (AvgIpc) is 3.28. The summed E-state index contributed by atoms with van der Waals surface area (Å²) in [4.78, 5) is 13.1. The van der Waals surface area contributed by atoms with E-state index in [2.05, 4.69) is 55.6 Å². The fourth-order valence-electron chi connectivity index (χ4n) is 7.53. The molecule has 2 saturated heterocycles. The molecule has 0 aromatic rings. The largest absolute Gasteiger partial charge is 0.394 e. The molecule has 12 unspecified atom stereocenters. The molecule has 0 radical (unpaired) electrons. The lowest BCUT2D eigenvalue weighted by molar-refractivity contribution is -0.359. The van der Waals surface area contributed by atoms with Crippen molar-refractivity contribution in [3.8, 4) is 0 Å². The van der Waals surface area contributed by atoms with Gasteiger partial charge >= 0.3 is 0 Å². The summed E-state index contributed by atoms with van der Waals surface area (Å²) in [6, 6.07) is -0.953. The molecule has 0 aromatic carbocycles. The maximum Gasteiger partial charge on any atom is 0.220 e.